The van der Waals surface area contributed by atoms with E-state index in [0.717, 1.165) is 6.42 Å². The monoisotopic (exact) mass is 172 g/mol. The highest BCUT2D eigenvalue weighted by Crippen LogP contribution is 2.32. The van der Waals surface area contributed by atoms with Crippen LogP contribution in [0.4, 0.5) is 0 Å². The second-order valence-electron chi connectivity index (χ2n) is 3.01. The maximum Gasteiger partial charge on any atom is 0.309 e. The minimum Gasteiger partial charge on any atom is -0.481 e. The number of esters is 1. The molecule has 0 radical (unpaired) electrons. The van der Waals surface area contributed by atoms with Gasteiger partial charge in [0.15, 0.2) is 0 Å². The molecule has 12 heavy (non-hydrogen) atoms. The van der Waals surface area contributed by atoms with Crippen molar-refractivity contribution in [1.29, 1.82) is 0 Å². The highest BCUT2D eigenvalue weighted by atomic mass is 16.5. The van der Waals surface area contributed by atoms with E-state index >= 15 is 0 Å². The molecule has 0 amide bonds. The second kappa shape index (κ2) is 3.56. The number of carbonyl (C=O) groups is 2. The first-order chi connectivity index (χ1) is 5.66. The van der Waals surface area contributed by atoms with Crippen LogP contribution in [0.1, 0.15) is 19.3 Å². The smallest absolute Gasteiger partial charge is 0.309 e. The maximum absolute atomic E-state index is 11.0. The number of carboxylic acid groups (broad SMARTS) is 1. The number of carbonyl (C=O) groups excluding carboxylic acids is 1. The van der Waals surface area contributed by atoms with Crippen molar-refractivity contribution < 1.29 is 19.4 Å². The lowest BCUT2D eigenvalue weighted by Crippen LogP contribution is -2.26. The molecule has 1 fully saturated rings. The average molecular weight is 172 g/mol. The first-order valence-corrected chi connectivity index (χ1v) is 3.97. The van der Waals surface area contributed by atoms with Crippen LogP contribution < -0.4 is 0 Å². The van der Waals surface area contributed by atoms with Gasteiger partial charge < -0.3 is 9.84 Å². The van der Waals surface area contributed by atoms with E-state index in [1.807, 2.05) is 0 Å². The first kappa shape index (κ1) is 9.03. The van der Waals surface area contributed by atoms with Gasteiger partial charge in [-0.05, 0) is 12.8 Å². The SMILES string of the molecule is COC(=O)[C@H]1CCCC1C(=O)O. The Morgan fingerprint density at radius 3 is 2.42 bits per heavy atom. The fraction of sp³-hybridized carbons (Fsp3) is 0.750. The third-order valence-corrected chi connectivity index (χ3v) is 2.34. The van der Waals surface area contributed by atoms with Gasteiger partial charge in [-0.1, -0.05) is 6.42 Å². The molecule has 0 aromatic rings. The summed E-state index contributed by atoms with van der Waals surface area (Å²) in [5, 5.41) is 8.72. The van der Waals surface area contributed by atoms with E-state index in [2.05, 4.69) is 4.74 Å². The third kappa shape index (κ3) is 1.57. The largest absolute Gasteiger partial charge is 0.481 e. The predicted octanol–water partition coefficient (Wildman–Crippen LogP) is 0.660. The van der Waals surface area contributed by atoms with Crippen molar-refractivity contribution in [3.8, 4) is 0 Å². The summed E-state index contributed by atoms with van der Waals surface area (Å²) >= 11 is 0. The summed E-state index contributed by atoms with van der Waals surface area (Å²) in [7, 11) is 1.29. The molecule has 2 atom stereocenters. The molecule has 0 heterocycles. The van der Waals surface area contributed by atoms with Gasteiger partial charge in [0, 0.05) is 0 Å². The zero-order valence-electron chi connectivity index (χ0n) is 6.95. The summed E-state index contributed by atoms with van der Waals surface area (Å²) in [5.41, 5.74) is 0. The molecule has 0 saturated heterocycles. The Bertz CT molecular complexity index is 199. The van der Waals surface area contributed by atoms with Crippen LogP contribution in [0, 0.1) is 11.8 Å². The lowest BCUT2D eigenvalue weighted by atomic mass is 9.97. The Morgan fingerprint density at radius 2 is 1.92 bits per heavy atom. The normalized spacial score (nSPS) is 28.4. The Kier molecular flexibility index (Phi) is 2.68. The predicted molar refractivity (Wildman–Crippen MR) is 40.5 cm³/mol. The van der Waals surface area contributed by atoms with Crippen LogP contribution in [-0.2, 0) is 14.3 Å². The molecule has 1 aliphatic rings. The molecule has 0 aliphatic heterocycles. The molecule has 0 aromatic heterocycles. The standard InChI is InChI=1S/C8H12O4/c1-12-8(11)6-4-2-3-5(6)7(9)10/h5-6H,2-4H2,1H3,(H,9,10)/t5?,6-/m0/s1. The number of ether oxygens (including phenoxy) is 1. The van der Waals surface area contributed by atoms with E-state index in [0.29, 0.717) is 12.8 Å². The Labute approximate surface area is 70.5 Å². The lowest BCUT2D eigenvalue weighted by Gasteiger charge is -2.12. The molecule has 4 heteroatoms. The summed E-state index contributed by atoms with van der Waals surface area (Å²) in [6.45, 7) is 0. The van der Waals surface area contributed by atoms with E-state index in [1.54, 1.807) is 0 Å². The molecule has 4 nitrogen and oxygen atoms in total. The third-order valence-electron chi connectivity index (χ3n) is 2.34. The van der Waals surface area contributed by atoms with Crippen LogP contribution in [0.2, 0.25) is 0 Å². The lowest BCUT2D eigenvalue weighted by molar-refractivity contribution is -0.154. The van der Waals surface area contributed by atoms with Gasteiger partial charge in [-0.3, -0.25) is 9.59 Å². The molecule has 1 rings (SSSR count). The summed E-state index contributed by atoms with van der Waals surface area (Å²) in [4.78, 5) is 21.7. The minimum atomic E-state index is -0.886. The second-order valence-corrected chi connectivity index (χ2v) is 3.01. The highest BCUT2D eigenvalue weighted by Gasteiger charge is 2.38. The van der Waals surface area contributed by atoms with E-state index in [4.69, 9.17) is 5.11 Å². The summed E-state index contributed by atoms with van der Waals surface area (Å²) < 4.78 is 4.51. The van der Waals surface area contributed by atoms with Gasteiger partial charge in [0.1, 0.15) is 0 Å². The van der Waals surface area contributed by atoms with Gasteiger partial charge in [0.25, 0.3) is 0 Å². The van der Waals surface area contributed by atoms with E-state index in [1.165, 1.54) is 7.11 Å². The van der Waals surface area contributed by atoms with Crippen LogP contribution in [-0.4, -0.2) is 24.2 Å². The minimum absolute atomic E-state index is 0.389. The number of methoxy groups -OCH3 is 1. The molecule has 68 valence electrons. The topological polar surface area (TPSA) is 63.6 Å². The Morgan fingerprint density at radius 1 is 1.33 bits per heavy atom. The first-order valence-electron chi connectivity index (χ1n) is 3.97. The van der Waals surface area contributed by atoms with Crippen LogP contribution in [0.5, 0.6) is 0 Å². The van der Waals surface area contributed by atoms with E-state index in [9.17, 15) is 9.59 Å². The van der Waals surface area contributed by atoms with Gasteiger partial charge in [-0.25, -0.2) is 0 Å². The van der Waals surface area contributed by atoms with Crippen molar-refractivity contribution in [2.75, 3.05) is 7.11 Å². The highest BCUT2D eigenvalue weighted by molar-refractivity contribution is 5.81. The summed E-state index contributed by atoms with van der Waals surface area (Å²) in [5.74, 6) is -2.23. The molecular weight excluding hydrogens is 160 g/mol. The number of rotatable bonds is 2. The Hall–Kier alpha value is -1.06. The fourth-order valence-corrected chi connectivity index (χ4v) is 1.69. The number of carboxylic acids is 1. The van der Waals surface area contributed by atoms with Crippen molar-refractivity contribution in [2.45, 2.75) is 19.3 Å². The zero-order chi connectivity index (χ0) is 9.14. The summed E-state index contributed by atoms with van der Waals surface area (Å²) in [6.07, 6.45) is 2.04. The Balaban J connectivity index is 2.63. The van der Waals surface area contributed by atoms with Crippen LogP contribution in [0.3, 0.4) is 0 Å². The molecule has 0 bridgehead atoms. The van der Waals surface area contributed by atoms with Gasteiger partial charge in [0.2, 0.25) is 0 Å². The van der Waals surface area contributed by atoms with Crippen molar-refractivity contribution in [3.63, 3.8) is 0 Å². The fourth-order valence-electron chi connectivity index (χ4n) is 1.69. The average Bonchev–Trinajstić information content (AvgIpc) is 2.50. The van der Waals surface area contributed by atoms with Crippen LogP contribution in [0.25, 0.3) is 0 Å². The number of hydrogen-bond donors (Lipinski definition) is 1. The number of hydrogen-bond acceptors (Lipinski definition) is 3. The maximum atomic E-state index is 11.0. The van der Waals surface area contributed by atoms with Crippen molar-refractivity contribution in [3.05, 3.63) is 0 Å². The molecule has 0 aromatic carbocycles. The zero-order valence-corrected chi connectivity index (χ0v) is 6.95. The molecule has 1 unspecified atom stereocenters. The van der Waals surface area contributed by atoms with Crippen LogP contribution in [0.15, 0.2) is 0 Å². The molecular formula is C8H12O4. The van der Waals surface area contributed by atoms with Crippen molar-refractivity contribution in [1.82, 2.24) is 0 Å². The summed E-state index contributed by atoms with van der Waals surface area (Å²) in [6, 6.07) is 0. The molecule has 1 aliphatic carbocycles. The van der Waals surface area contributed by atoms with Gasteiger partial charge >= 0.3 is 11.9 Å². The van der Waals surface area contributed by atoms with Crippen molar-refractivity contribution >= 4 is 11.9 Å². The van der Waals surface area contributed by atoms with E-state index < -0.39 is 17.8 Å². The van der Waals surface area contributed by atoms with Crippen molar-refractivity contribution in [2.24, 2.45) is 11.8 Å². The quantitative estimate of drug-likeness (QED) is 0.621. The van der Waals surface area contributed by atoms with Crippen LogP contribution >= 0.6 is 0 Å². The van der Waals surface area contributed by atoms with Gasteiger partial charge in [-0.2, -0.15) is 0 Å². The molecule has 1 saturated carbocycles. The molecule has 1 N–H and O–H groups in total. The van der Waals surface area contributed by atoms with Gasteiger partial charge in [0.05, 0.1) is 18.9 Å². The van der Waals surface area contributed by atoms with E-state index in [-0.39, 0.29) is 5.97 Å². The van der Waals surface area contributed by atoms with Gasteiger partial charge in [-0.15, -0.1) is 0 Å². The molecule has 0 spiro atoms. The number of aliphatic carboxylic acids is 1.